The van der Waals surface area contributed by atoms with Crippen molar-refractivity contribution in [3.63, 3.8) is 0 Å². The van der Waals surface area contributed by atoms with Gasteiger partial charge in [-0.25, -0.2) is 4.98 Å². The van der Waals surface area contributed by atoms with Crippen LogP contribution in [0.2, 0.25) is 0 Å². The zero-order valence-electron chi connectivity index (χ0n) is 11.4. The lowest BCUT2D eigenvalue weighted by atomic mass is 10.3. The number of pyridine rings is 1. The molecule has 0 aliphatic heterocycles. The summed E-state index contributed by atoms with van der Waals surface area (Å²) in [7, 11) is 0. The summed E-state index contributed by atoms with van der Waals surface area (Å²) < 4.78 is 0. The van der Waals surface area contributed by atoms with Gasteiger partial charge < -0.3 is 16.0 Å². The first-order chi connectivity index (χ1) is 9.29. The van der Waals surface area contributed by atoms with Gasteiger partial charge in [-0.3, -0.25) is 4.79 Å². The molecule has 3 N–H and O–H groups in total. The second kappa shape index (κ2) is 6.97. The minimum absolute atomic E-state index is 0.196. The maximum atomic E-state index is 11.4. The SMILES string of the molecule is CCCNc1cc(NCCNC(=O)C2CC2)ccn1. The lowest BCUT2D eigenvalue weighted by Crippen LogP contribution is -2.29. The maximum Gasteiger partial charge on any atom is 0.223 e. The highest BCUT2D eigenvalue weighted by molar-refractivity contribution is 5.80. The molecule has 1 heterocycles. The van der Waals surface area contributed by atoms with E-state index in [2.05, 4.69) is 27.9 Å². The van der Waals surface area contributed by atoms with Gasteiger partial charge in [0.2, 0.25) is 5.91 Å². The fourth-order valence-corrected chi connectivity index (χ4v) is 1.77. The molecule has 1 amide bonds. The summed E-state index contributed by atoms with van der Waals surface area (Å²) in [4.78, 5) is 15.7. The van der Waals surface area contributed by atoms with E-state index in [4.69, 9.17) is 0 Å². The molecule has 104 valence electrons. The second-order valence-corrected chi connectivity index (χ2v) is 4.85. The number of aromatic nitrogens is 1. The van der Waals surface area contributed by atoms with Crippen molar-refractivity contribution in [1.82, 2.24) is 10.3 Å². The van der Waals surface area contributed by atoms with Crippen LogP contribution in [0.15, 0.2) is 18.3 Å². The number of nitrogens with one attached hydrogen (secondary N) is 3. The third-order valence-corrected chi connectivity index (χ3v) is 3.02. The van der Waals surface area contributed by atoms with Crippen molar-refractivity contribution in [2.75, 3.05) is 30.3 Å². The molecule has 0 bridgehead atoms. The van der Waals surface area contributed by atoms with Gasteiger partial charge in [-0.2, -0.15) is 0 Å². The molecule has 0 aromatic carbocycles. The van der Waals surface area contributed by atoms with Crippen molar-refractivity contribution in [3.8, 4) is 0 Å². The number of amides is 1. The summed E-state index contributed by atoms with van der Waals surface area (Å²) in [5.41, 5.74) is 1.02. The van der Waals surface area contributed by atoms with Crippen LogP contribution in [-0.2, 0) is 4.79 Å². The van der Waals surface area contributed by atoms with E-state index in [9.17, 15) is 4.79 Å². The van der Waals surface area contributed by atoms with Crippen molar-refractivity contribution < 1.29 is 4.79 Å². The summed E-state index contributed by atoms with van der Waals surface area (Å²) in [5, 5.41) is 9.46. The Morgan fingerprint density at radius 3 is 2.89 bits per heavy atom. The minimum atomic E-state index is 0.196. The van der Waals surface area contributed by atoms with Crippen LogP contribution in [-0.4, -0.2) is 30.5 Å². The van der Waals surface area contributed by atoms with Gasteiger partial charge in [0.05, 0.1) is 0 Å². The molecule has 1 aromatic heterocycles. The number of hydrogen-bond donors (Lipinski definition) is 3. The van der Waals surface area contributed by atoms with Crippen LogP contribution in [0.1, 0.15) is 26.2 Å². The Morgan fingerprint density at radius 1 is 1.32 bits per heavy atom. The molecule has 0 unspecified atom stereocenters. The van der Waals surface area contributed by atoms with E-state index in [-0.39, 0.29) is 11.8 Å². The maximum absolute atomic E-state index is 11.4. The van der Waals surface area contributed by atoms with Crippen LogP contribution >= 0.6 is 0 Å². The molecule has 19 heavy (non-hydrogen) atoms. The van der Waals surface area contributed by atoms with Gasteiger partial charge in [-0.15, -0.1) is 0 Å². The van der Waals surface area contributed by atoms with Crippen LogP contribution in [0.3, 0.4) is 0 Å². The van der Waals surface area contributed by atoms with Crippen LogP contribution < -0.4 is 16.0 Å². The molecule has 0 spiro atoms. The number of nitrogens with zero attached hydrogens (tertiary/aromatic N) is 1. The predicted octanol–water partition coefficient (Wildman–Crippen LogP) is 1.84. The van der Waals surface area contributed by atoms with Crippen molar-refractivity contribution in [3.05, 3.63) is 18.3 Å². The Hall–Kier alpha value is -1.78. The molecule has 0 atom stereocenters. The summed E-state index contributed by atoms with van der Waals surface area (Å²) >= 11 is 0. The van der Waals surface area contributed by atoms with Gasteiger partial charge in [-0.05, 0) is 25.3 Å². The molecule has 1 fully saturated rings. The third-order valence-electron chi connectivity index (χ3n) is 3.02. The second-order valence-electron chi connectivity index (χ2n) is 4.85. The Labute approximate surface area is 114 Å². The van der Waals surface area contributed by atoms with E-state index in [0.717, 1.165) is 43.9 Å². The number of carbonyl (C=O) groups excluding carboxylic acids is 1. The first kappa shape index (κ1) is 13.6. The number of carbonyl (C=O) groups is 1. The first-order valence-corrected chi connectivity index (χ1v) is 7.01. The molecule has 5 heteroatoms. The summed E-state index contributed by atoms with van der Waals surface area (Å²) in [6.07, 6.45) is 4.96. The molecule has 1 aromatic rings. The van der Waals surface area contributed by atoms with E-state index in [1.54, 1.807) is 6.20 Å². The molecular formula is C14H22N4O. The van der Waals surface area contributed by atoms with Gasteiger partial charge in [0.25, 0.3) is 0 Å². The van der Waals surface area contributed by atoms with Gasteiger partial charge in [-0.1, -0.05) is 6.92 Å². The minimum Gasteiger partial charge on any atom is -0.383 e. The highest BCUT2D eigenvalue weighted by Crippen LogP contribution is 2.28. The van der Waals surface area contributed by atoms with Crippen LogP contribution in [0.25, 0.3) is 0 Å². The standard InChI is InChI=1S/C14H22N4O/c1-2-6-16-13-10-12(5-7-17-13)15-8-9-18-14(19)11-3-4-11/h5,7,10-11H,2-4,6,8-9H2,1H3,(H,18,19)(H2,15,16,17). The molecule has 5 nitrogen and oxygen atoms in total. The van der Waals surface area contributed by atoms with Gasteiger partial charge >= 0.3 is 0 Å². The molecule has 1 saturated carbocycles. The zero-order chi connectivity index (χ0) is 13.5. The van der Waals surface area contributed by atoms with E-state index < -0.39 is 0 Å². The Balaban J connectivity index is 1.68. The third kappa shape index (κ3) is 4.77. The van der Waals surface area contributed by atoms with Crippen molar-refractivity contribution in [2.45, 2.75) is 26.2 Å². The number of hydrogen-bond acceptors (Lipinski definition) is 4. The van der Waals surface area contributed by atoms with Crippen LogP contribution in [0.4, 0.5) is 11.5 Å². The smallest absolute Gasteiger partial charge is 0.223 e. The first-order valence-electron chi connectivity index (χ1n) is 7.01. The lowest BCUT2D eigenvalue weighted by Gasteiger charge is -2.09. The zero-order valence-corrected chi connectivity index (χ0v) is 11.4. The fourth-order valence-electron chi connectivity index (χ4n) is 1.77. The fraction of sp³-hybridized carbons (Fsp3) is 0.571. The topological polar surface area (TPSA) is 66.0 Å². The van der Waals surface area contributed by atoms with Crippen molar-refractivity contribution in [2.24, 2.45) is 5.92 Å². The summed E-state index contributed by atoms with van der Waals surface area (Å²) in [5.74, 6) is 1.36. The molecule has 1 aliphatic rings. The quantitative estimate of drug-likeness (QED) is 0.625. The summed E-state index contributed by atoms with van der Waals surface area (Å²) in [6.45, 7) is 4.44. The average Bonchev–Trinajstić information content (AvgIpc) is 3.26. The van der Waals surface area contributed by atoms with Crippen molar-refractivity contribution in [1.29, 1.82) is 0 Å². The van der Waals surface area contributed by atoms with Crippen LogP contribution in [0.5, 0.6) is 0 Å². The monoisotopic (exact) mass is 262 g/mol. The lowest BCUT2D eigenvalue weighted by molar-refractivity contribution is -0.122. The van der Waals surface area contributed by atoms with Gasteiger partial charge in [0, 0.05) is 43.5 Å². The number of rotatable bonds is 8. The average molecular weight is 262 g/mol. The Kier molecular flexibility index (Phi) is 5.01. The van der Waals surface area contributed by atoms with E-state index >= 15 is 0 Å². The highest BCUT2D eigenvalue weighted by Gasteiger charge is 2.28. The van der Waals surface area contributed by atoms with Crippen molar-refractivity contribution >= 4 is 17.4 Å². The molecule has 2 rings (SSSR count). The van der Waals surface area contributed by atoms with E-state index in [1.165, 1.54) is 0 Å². The summed E-state index contributed by atoms with van der Waals surface area (Å²) in [6, 6.07) is 3.91. The highest BCUT2D eigenvalue weighted by atomic mass is 16.2. The van der Waals surface area contributed by atoms with E-state index in [0.29, 0.717) is 6.54 Å². The predicted molar refractivity (Wildman–Crippen MR) is 77.2 cm³/mol. The van der Waals surface area contributed by atoms with Gasteiger partial charge in [0.15, 0.2) is 0 Å². The molecule has 1 aliphatic carbocycles. The largest absolute Gasteiger partial charge is 0.383 e. The Morgan fingerprint density at radius 2 is 2.16 bits per heavy atom. The van der Waals surface area contributed by atoms with Crippen LogP contribution in [0, 0.1) is 5.92 Å². The molecule has 0 saturated heterocycles. The molecular weight excluding hydrogens is 240 g/mol. The molecule has 0 radical (unpaired) electrons. The number of anilines is 2. The van der Waals surface area contributed by atoms with Gasteiger partial charge in [0.1, 0.15) is 5.82 Å². The normalized spacial score (nSPS) is 13.9. The Bertz CT molecular complexity index is 418. The van der Waals surface area contributed by atoms with E-state index in [1.807, 2.05) is 12.1 Å².